The molecule has 0 radical (unpaired) electrons. The molecule has 0 aromatic carbocycles. The Bertz CT molecular complexity index is 371. The number of nitrogens with one attached hydrogen (secondary N) is 1. The minimum Gasteiger partial charge on any atom is -0.307 e. The summed E-state index contributed by atoms with van der Waals surface area (Å²) in [6.07, 6.45) is 8.66. The van der Waals surface area contributed by atoms with Gasteiger partial charge in [0.1, 0.15) is 0 Å². The van der Waals surface area contributed by atoms with E-state index in [-0.39, 0.29) is 0 Å². The molecule has 0 aromatic heterocycles. The fourth-order valence-electron chi connectivity index (χ4n) is 2.24. The van der Waals surface area contributed by atoms with Crippen LogP contribution in [0.15, 0.2) is 47.6 Å². The minimum absolute atomic E-state index is 0.590. The lowest BCUT2D eigenvalue weighted by atomic mass is 9.87. The van der Waals surface area contributed by atoms with Gasteiger partial charge in [0, 0.05) is 18.0 Å². The van der Waals surface area contributed by atoms with Crippen molar-refractivity contribution in [3.8, 4) is 0 Å². The Morgan fingerprint density at radius 2 is 2.23 bits per heavy atom. The summed E-state index contributed by atoms with van der Waals surface area (Å²) in [6.45, 7) is 6.11. The van der Waals surface area contributed by atoms with Gasteiger partial charge in [-0.1, -0.05) is 30.9 Å². The van der Waals surface area contributed by atoms with Crippen LogP contribution < -0.4 is 5.32 Å². The molecule has 0 saturated carbocycles. The van der Waals surface area contributed by atoms with E-state index in [4.69, 9.17) is 0 Å². The van der Waals surface area contributed by atoms with Crippen molar-refractivity contribution in [3.63, 3.8) is 0 Å². The van der Waals surface area contributed by atoms with Gasteiger partial charge in [0.15, 0.2) is 0 Å². The Labute approximate surface area is 78.5 Å². The Kier molecular flexibility index (Phi) is 1.26. The summed E-state index contributed by atoms with van der Waals surface area (Å²) in [5, 5.41) is 3.47. The van der Waals surface area contributed by atoms with Gasteiger partial charge < -0.3 is 5.32 Å². The zero-order valence-electron chi connectivity index (χ0n) is 7.75. The van der Waals surface area contributed by atoms with Crippen LogP contribution in [0.3, 0.4) is 0 Å². The van der Waals surface area contributed by atoms with E-state index in [0.717, 1.165) is 0 Å². The van der Waals surface area contributed by atoms with Gasteiger partial charge in [-0.15, -0.1) is 0 Å². The second kappa shape index (κ2) is 2.24. The van der Waals surface area contributed by atoms with Crippen molar-refractivity contribution in [2.24, 2.45) is 5.92 Å². The molecular formula is C12H13N. The first-order chi connectivity index (χ1) is 6.31. The van der Waals surface area contributed by atoms with Gasteiger partial charge in [0.2, 0.25) is 0 Å². The quantitative estimate of drug-likeness (QED) is 0.630. The molecule has 1 heteroatoms. The van der Waals surface area contributed by atoms with E-state index < -0.39 is 0 Å². The number of hydrogen-bond donors (Lipinski definition) is 1. The molecule has 13 heavy (non-hydrogen) atoms. The number of rotatable bonds is 2. The van der Waals surface area contributed by atoms with Gasteiger partial charge in [-0.3, -0.25) is 0 Å². The van der Waals surface area contributed by atoms with Crippen LogP contribution in [-0.2, 0) is 0 Å². The SMILES string of the molecule is C=CC1=CC=C2C=C2C1[C@H]1NC1C. The highest BCUT2D eigenvalue weighted by atomic mass is 15.1. The van der Waals surface area contributed by atoms with Gasteiger partial charge in [-0.2, -0.15) is 0 Å². The molecule has 1 aliphatic heterocycles. The van der Waals surface area contributed by atoms with Gasteiger partial charge in [0.25, 0.3) is 0 Å². The van der Waals surface area contributed by atoms with Crippen LogP contribution in [0.5, 0.6) is 0 Å². The average Bonchev–Trinajstić information content (AvgIpc) is 2.98. The van der Waals surface area contributed by atoms with E-state index in [0.29, 0.717) is 18.0 Å². The van der Waals surface area contributed by atoms with E-state index in [1.165, 1.54) is 16.7 Å². The number of fused-ring (bicyclic) bond motifs is 1. The van der Waals surface area contributed by atoms with Crippen LogP contribution in [0.4, 0.5) is 0 Å². The smallest absolute Gasteiger partial charge is 0.0331 e. The zero-order chi connectivity index (χ0) is 9.00. The molecule has 0 spiro atoms. The minimum atomic E-state index is 0.590. The van der Waals surface area contributed by atoms with Gasteiger partial charge in [0.05, 0.1) is 0 Å². The van der Waals surface area contributed by atoms with E-state index in [1.54, 1.807) is 0 Å². The summed E-state index contributed by atoms with van der Waals surface area (Å²) in [5.74, 6) is 0.590. The average molecular weight is 171 g/mol. The molecule has 1 saturated heterocycles. The highest BCUT2D eigenvalue weighted by molar-refractivity contribution is 5.67. The molecule has 1 heterocycles. The summed E-state index contributed by atoms with van der Waals surface area (Å²) in [4.78, 5) is 0. The summed E-state index contributed by atoms with van der Waals surface area (Å²) in [6, 6.07) is 1.33. The van der Waals surface area contributed by atoms with Crippen LogP contribution in [0.1, 0.15) is 6.92 Å². The Hall–Kier alpha value is -1.08. The molecular weight excluding hydrogens is 158 g/mol. The lowest BCUT2D eigenvalue weighted by molar-refractivity contribution is 0.717. The van der Waals surface area contributed by atoms with Crippen molar-refractivity contribution in [1.29, 1.82) is 0 Å². The molecule has 3 rings (SSSR count). The molecule has 1 N–H and O–H groups in total. The van der Waals surface area contributed by atoms with E-state index in [2.05, 4.69) is 37.0 Å². The predicted molar refractivity (Wildman–Crippen MR) is 54.3 cm³/mol. The lowest BCUT2D eigenvalue weighted by Crippen LogP contribution is -2.14. The molecule has 0 amide bonds. The van der Waals surface area contributed by atoms with Crippen molar-refractivity contribution in [3.05, 3.63) is 47.6 Å². The molecule has 0 aromatic rings. The largest absolute Gasteiger partial charge is 0.307 e. The highest BCUT2D eigenvalue weighted by Crippen LogP contribution is 2.46. The molecule has 3 aliphatic rings. The predicted octanol–water partition coefficient (Wildman–Crippen LogP) is 1.96. The maximum absolute atomic E-state index is 3.87. The Morgan fingerprint density at radius 3 is 2.85 bits per heavy atom. The fraction of sp³-hybridized carbons (Fsp3) is 0.333. The van der Waals surface area contributed by atoms with Crippen LogP contribution in [0.2, 0.25) is 0 Å². The second-order valence-electron chi connectivity index (χ2n) is 4.05. The van der Waals surface area contributed by atoms with Crippen LogP contribution in [0, 0.1) is 5.92 Å². The molecule has 2 unspecified atom stereocenters. The van der Waals surface area contributed by atoms with Gasteiger partial charge in [-0.05, 0) is 23.6 Å². The Morgan fingerprint density at radius 1 is 1.46 bits per heavy atom. The van der Waals surface area contributed by atoms with Crippen LogP contribution in [0.25, 0.3) is 0 Å². The molecule has 2 aliphatic carbocycles. The fourth-order valence-corrected chi connectivity index (χ4v) is 2.24. The van der Waals surface area contributed by atoms with Crippen LogP contribution >= 0.6 is 0 Å². The maximum atomic E-state index is 3.87. The van der Waals surface area contributed by atoms with Crippen molar-refractivity contribution in [2.75, 3.05) is 0 Å². The van der Waals surface area contributed by atoms with Crippen molar-refractivity contribution < 1.29 is 0 Å². The summed E-state index contributed by atoms with van der Waals surface area (Å²) in [7, 11) is 0. The van der Waals surface area contributed by atoms with Crippen molar-refractivity contribution >= 4 is 0 Å². The summed E-state index contributed by atoms with van der Waals surface area (Å²) < 4.78 is 0. The summed E-state index contributed by atoms with van der Waals surface area (Å²) >= 11 is 0. The topological polar surface area (TPSA) is 21.9 Å². The molecule has 0 bridgehead atoms. The van der Waals surface area contributed by atoms with Gasteiger partial charge in [-0.25, -0.2) is 0 Å². The number of hydrogen-bond acceptors (Lipinski definition) is 1. The van der Waals surface area contributed by atoms with Gasteiger partial charge >= 0.3 is 0 Å². The monoisotopic (exact) mass is 171 g/mol. The molecule has 1 fully saturated rings. The van der Waals surface area contributed by atoms with E-state index in [9.17, 15) is 0 Å². The second-order valence-corrected chi connectivity index (χ2v) is 4.05. The third kappa shape index (κ3) is 0.971. The van der Waals surface area contributed by atoms with Crippen LogP contribution in [-0.4, -0.2) is 12.1 Å². The van der Waals surface area contributed by atoms with Crippen molar-refractivity contribution in [1.82, 2.24) is 5.32 Å². The molecule has 1 nitrogen and oxygen atoms in total. The lowest BCUT2D eigenvalue weighted by Gasteiger charge is -2.16. The maximum Gasteiger partial charge on any atom is 0.0331 e. The first kappa shape index (κ1) is 7.34. The first-order valence-electron chi connectivity index (χ1n) is 4.83. The molecule has 66 valence electrons. The van der Waals surface area contributed by atoms with E-state index >= 15 is 0 Å². The standard InChI is InChI=1S/C12H13N/c1-3-8-4-5-9-6-10(9)11(8)12-7(2)13-12/h3-7,11-13H,1H2,2H3/t7?,11?,12-/m0/s1. The van der Waals surface area contributed by atoms with E-state index in [1.807, 2.05) is 6.08 Å². The third-order valence-corrected chi connectivity index (χ3v) is 3.19. The first-order valence-corrected chi connectivity index (χ1v) is 4.83. The normalized spacial score (nSPS) is 39.8. The summed E-state index contributed by atoms with van der Waals surface area (Å²) in [5.41, 5.74) is 4.34. The number of allylic oxidation sites excluding steroid dienone is 5. The molecule has 3 atom stereocenters. The van der Waals surface area contributed by atoms with Crippen molar-refractivity contribution in [2.45, 2.75) is 19.0 Å². The zero-order valence-corrected chi connectivity index (χ0v) is 7.75. The Balaban J connectivity index is 1.93. The highest BCUT2D eigenvalue weighted by Gasteiger charge is 2.45. The third-order valence-electron chi connectivity index (χ3n) is 3.19.